The molecule has 3 aromatic rings. The Hall–Kier alpha value is -1.66. The van der Waals surface area contributed by atoms with Crippen molar-refractivity contribution in [1.29, 1.82) is 0 Å². The Morgan fingerprint density at radius 2 is 2.21 bits per heavy atom. The van der Waals surface area contributed by atoms with Crippen molar-refractivity contribution in [2.24, 2.45) is 12.8 Å². The van der Waals surface area contributed by atoms with Gasteiger partial charge in [0, 0.05) is 26.1 Å². The van der Waals surface area contributed by atoms with Crippen LogP contribution in [0.1, 0.15) is 11.6 Å². The Morgan fingerprint density at radius 1 is 1.42 bits per heavy atom. The predicted molar refractivity (Wildman–Crippen MR) is 76.5 cm³/mol. The summed E-state index contributed by atoms with van der Waals surface area (Å²) in [7, 11) is 1.88. The summed E-state index contributed by atoms with van der Waals surface area (Å²) in [5, 5.41) is 4.49. The molecule has 2 N–H and O–H groups in total. The molecule has 0 aliphatic rings. The van der Waals surface area contributed by atoms with Crippen LogP contribution in [0, 0.1) is 6.92 Å². The number of benzene rings is 1. The molecule has 3 rings (SSSR count). The van der Waals surface area contributed by atoms with Crippen LogP contribution in [0.3, 0.4) is 0 Å². The Labute approximate surface area is 118 Å². The van der Waals surface area contributed by atoms with Crippen LogP contribution in [0.25, 0.3) is 22.4 Å². The first-order chi connectivity index (χ1) is 9.10. The molecule has 0 atom stereocenters. The maximum absolute atomic E-state index is 5.72. The van der Waals surface area contributed by atoms with Gasteiger partial charge >= 0.3 is 0 Å². The molecule has 0 unspecified atom stereocenters. The second-order valence-electron chi connectivity index (χ2n) is 4.35. The molecule has 0 aliphatic carbocycles. The lowest BCUT2D eigenvalue weighted by atomic mass is 10.1. The number of aromatic nitrogens is 3. The lowest BCUT2D eigenvalue weighted by Gasteiger charge is -1.97. The largest absolute Gasteiger partial charge is 0.441 e. The first-order valence-corrected chi connectivity index (χ1v) is 6.68. The van der Waals surface area contributed by atoms with E-state index >= 15 is 0 Å². The Balaban J connectivity index is 2.18. The molecule has 19 heavy (non-hydrogen) atoms. The van der Waals surface area contributed by atoms with Crippen LogP contribution in [0.15, 0.2) is 27.1 Å². The van der Waals surface area contributed by atoms with E-state index in [4.69, 9.17) is 10.2 Å². The number of oxazole rings is 1. The smallest absolute Gasteiger partial charge is 0.192 e. The first-order valence-electron chi connectivity index (χ1n) is 5.89. The minimum atomic E-state index is 0.438. The highest BCUT2D eigenvalue weighted by molar-refractivity contribution is 9.10. The highest BCUT2D eigenvalue weighted by atomic mass is 79.9. The molecule has 1 aromatic carbocycles. The molecular weight excluding hydrogens is 308 g/mol. The van der Waals surface area contributed by atoms with Gasteiger partial charge in [-0.15, -0.1) is 0 Å². The molecule has 0 fully saturated rings. The molecule has 5 nitrogen and oxygen atoms in total. The Morgan fingerprint density at radius 3 is 2.89 bits per heavy atom. The summed E-state index contributed by atoms with van der Waals surface area (Å²) in [6.07, 6.45) is 0. The highest BCUT2D eigenvalue weighted by Crippen LogP contribution is 2.31. The van der Waals surface area contributed by atoms with Crippen molar-refractivity contribution in [3.8, 4) is 11.3 Å². The number of aryl methyl sites for hydroxylation is 2. The van der Waals surface area contributed by atoms with Crippen molar-refractivity contribution >= 4 is 27.0 Å². The van der Waals surface area contributed by atoms with Crippen LogP contribution in [-0.2, 0) is 13.6 Å². The van der Waals surface area contributed by atoms with E-state index in [1.807, 2.05) is 32.2 Å². The van der Waals surface area contributed by atoms with Crippen LogP contribution in [0.2, 0.25) is 0 Å². The van der Waals surface area contributed by atoms with E-state index < -0.39 is 0 Å². The zero-order chi connectivity index (χ0) is 13.6. The van der Waals surface area contributed by atoms with E-state index in [1.165, 1.54) is 0 Å². The fourth-order valence-corrected chi connectivity index (χ4v) is 2.85. The normalized spacial score (nSPS) is 11.4. The minimum absolute atomic E-state index is 0.438. The molecule has 0 aliphatic heterocycles. The Kier molecular flexibility index (Phi) is 2.91. The van der Waals surface area contributed by atoms with Crippen molar-refractivity contribution < 1.29 is 4.42 Å². The van der Waals surface area contributed by atoms with Gasteiger partial charge in [-0.1, -0.05) is 6.07 Å². The van der Waals surface area contributed by atoms with E-state index in [2.05, 4.69) is 26.0 Å². The fourth-order valence-electron chi connectivity index (χ4n) is 2.13. The van der Waals surface area contributed by atoms with Crippen molar-refractivity contribution in [1.82, 2.24) is 14.8 Å². The van der Waals surface area contributed by atoms with Gasteiger partial charge in [0.2, 0.25) is 0 Å². The van der Waals surface area contributed by atoms with Crippen molar-refractivity contribution in [3.63, 3.8) is 0 Å². The van der Waals surface area contributed by atoms with Gasteiger partial charge in [-0.2, -0.15) is 5.10 Å². The fraction of sp³-hybridized carbons (Fsp3) is 0.231. The van der Waals surface area contributed by atoms with Gasteiger partial charge in [-0.25, -0.2) is 4.98 Å². The van der Waals surface area contributed by atoms with Crippen molar-refractivity contribution in [2.45, 2.75) is 13.5 Å². The van der Waals surface area contributed by atoms with Gasteiger partial charge in [0.25, 0.3) is 0 Å². The topological polar surface area (TPSA) is 69.9 Å². The minimum Gasteiger partial charge on any atom is -0.441 e. The van der Waals surface area contributed by atoms with E-state index in [1.54, 1.807) is 4.68 Å². The van der Waals surface area contributed by atoms with Gasteiger partial charge in [-0.05, 0) is 28.1 Å². The highest BCUT2D eigenvalue weighted by Gasteiger charge is 2.15. The van der Waals surface area contributed by atoms with Crippen LogP contribution < -0.4 is 5.73 Å². The lowest BCUT2D eigenvalue weighted by molar-refractivity contribution is 0.561. The summed E-state index contributed by atoms with van der Waals surface area (Å²) in [5.41, 5.74) is 10.1. The predicted octanol–water partition coefficient (Wildman–Crippen LogP) is 2.76. The third kappa shape index (κ3) is 1.97. The standard InChI is InChI=1S/C13H13BrN4O/c1-7-16-9-4-3-8(5-11(9)19-7)13-12(14)10(6-15)18(2)17-13/h3-5H,6,15H2,1-2H3. The zero-order valence-corrected chi connectivity index (χ0v) is 12.2. The van der Waals surface area contributed by atoms with Crippen LogP contribution in [-0.4, -0.2) is 14.8 Å². The maximum atomic E-state index is 5.72. The molecule has 0 bridgehead atoms. The van der Waals surface area contributed by atoms with Crippen molar-refractivity contribution in [3.05, 3.63) is 34.3 Å². The number of rotatable bonds is 2. The molecule has 0 spiro atoms. The van der Waals surface area contributed by atoms with E-state index in [-0.39, 0.29) is 0 Å². The number of hydrogen-bond acceptors (Lipinski definition) is 4. The second-order valence-corrected chi connectivity index (χ2v) is 5.15. The lowest BCUT2D eigenvalue weighted by Crippen LogP contribution is -2.04. The van der Waals surface area contributed by atoms with E-state index in [0.717, 1.165) is 32.5 Å². The summed E-state index contributed by atoms with van der Waals surface area (Å²) in [4.78, 5) is 4.29. The molecule has 0 saturated carbocycles. The average Bonchev–Trinajstić information content (AvgIpc) is 2.87. The quantitative estimate of drug-likeness (QED) is 0.788. The monoisotopic (exact) mass is 320 g/mol. The molecule has 0 radical (unpaired) electrons. The van der Waals surface area contributed by atoms with E-state index in [0.29, 0.717) is 12.4 Å². The van der Waals surface area contributed by atoms with Crippen molar-refractivity contribution in [2.75, 3.05) is 0 Å². The molecule has 0 amide bonds. The molecule has 6 heteroatoms. The van der Waals surface area contributed by atoms with Crippen LogP contribution in [0.4, 0.5) is 0 Å². The summed E-state index contributed by atoms with van der Waals surface area (Å²) in [6, 6.07) is 5.87. The van der Waals surface area contributed by atoms with Gasteiger partial charge < -0.3 is 10.2 Å². The zero-order valence-electron chi connectivity index (χ0n) is 10.6. The molecular formula is C13H13BrN4O. The third-order valence-corrected chi connectivity index (χ3v) is 3.90. The first kappa shape index (κ1) is 12.4. The summed E-state index contributed by atoms with van der Waals surface area (Å²) in [5.74, 6) is 0.662. The van der Waals surface area contributed by atoms with Crippen LogP contribution in [0.5, 0.6) is 0 Å². The molecule has 98 valence electrons. The summed E-state index contributed by atoms with van der Waals surface area (Å²) in [6.45, 7) is 2.27. The number of nitrogens with two attached hydrogens (primary N) is 1. The number of halogens is 1. The van der Waals surface area contributed by atoms with E-state index in [9.17, 15) is 0 Å². The number of hydrogen-bond donors (Lipinski definition) is 1. The maximum Gasteiger partial charge on any atom is 0.192 e. The molecule has 2 aromatic heterocycles. The average molecular weight is 321 g/mol. The summed E-state index contributed by atoms with van der Waals surface area (Å²) < 4.78 is 8.26. The Bertz CT molecular complexity index is 759. The third-order valence-electron chi connectivity index (χ3n) is 3.06. The second kappa shape index (κ2) is 4.47. The van der Waals surface area contributed by atoms with Gasteiger partial charge in [0.1, 0.15) is 11.2 Å². The van der Waals surface area contributed by atoms with Crippen LogP contribution >= 0.6 is 15.9 Å². The summed E-state index contributed by atoms with van der Waals surface area (Å²) >= 11 is 3.56. The number of nitrogens with zero attached hydrogens (tertiary/aromatic N) is 3. The van der Waals surface area contributed by atoms with Gasteiger partial charge in [0.05, 0.1) is 10.2 Å². The van der Waals surface area contributed by atoms with Gasteiger partial charge in [0.15, 0.2) is 11.5 Å². The van der Waals surface area contributed by atoms with Gasteiger partial charge in [-0.3, -0.25) is 4.68 Å². The molecule has 0 saturated heterocycles. The molecule has 2 heterocycles. The SMILES string of the molecule is Cc1nc2ccc(-c3nn(C)c(CN)c3Br)cc2o1. The number of fused-ring (bicyclic) bond motifs is 1.